The molecule has 0 unspecified atom stereocenters. The molecular formula is C16H17FN2O2. The van der Waals surface area contributed by atoms with E-state index in [-0.39, 0.29) is 11.3 Å². The van der Waals surface area contributed by atoms with Crippen LogP contribution < -0.4 is 11.1 Å². The van der Waals surface area contributed by atoms with Crippen molar-refractivity contribution >= 4 is 17.3 Å². The molecule has 0 atom stereocenters. The fourth-order valence-electron chi connectivity index (χ4n) is 2.18. The van der Waals surface area contributed by atoms with Gasteiger partial charge in [0.1, 0.15) is 11.4 Å². The van der Waals surface area contributed by atoms with Crippen LogP contribution in [0.4, 0.5) is 15.8 Å². The number of nitrogen functional groups attached to an aromatic ring is 1. The van der Waals surface area contributed by atoms with E-state index in [0.29, 0.717) is 12.2 Å². The summed E-state index contributed by atoms with van der Waals surface area (Å²) in [5.41, 5.74) is 7.57. The molecule has 0 saturated carbocycles. The number of hydrogen-bond acceptors (Lipinski definition) is 3. The van der Waals surface area contributed by atoms with Crippen molar-refractivity contribution in [1.82, 2.24) is 0 Å². The van der Waals surface area contributed by atoms with Crippen molar-refractivity contribution in [2.24, 2.45) is 0 Å². The zero-order chi connectivity index (χ0) is 15.4. The van der Waals surface area contributed by atoms with E-state index in [2.05, 4.69) is 11.4 Å². The van der Waals surface area contributed by atoms with Crippen molar-refractivity contribution in [1.29, 1.82) is 0 Å². The SMILES string of the molecule is Cc1cccc(CCNc2ccc(F)c(N)c2C(=O)O)c1. The Balaban J connectivity index is 2.10. The molecule has 4 N–H and O–H groups in total. The molecule has 0 aliphatic heterocycles. The summed E-state index contributed by atoms with van der Waals surface area (Å²) in [7, 11) is 0. The van der Waals surface area contributed by atoms with Crippen LogP contribution >= 0.6 is 0 Å². The summed E-state index contributed by atoms with van der Waals surface area (Å²) in [4.78, 5) is 11.2. The second kappa shape index (κ2) is 6.26. The van der Waals surface area contributed by atoms with Gasteiger partial charge in [0.05, 0.1) is 11.4 Å². The highest BCUT2D eigenvalue weighted by molar-refractivity contribution is 6.00. The number of hydrogen-bond donors (Lipinski definition) is 3. The van der Waals surface area contributed by atoms with E-state index >= 15 is 0 Å². The summed E-state index contributed by atoms with van der Waals surface area (Å²) in [5, 5.41) is 12.1. The van der Waals surface area contributed by atoms with Crippen LogP contribution in [0.25, 0.3) is 0 Å². The Hall–Kier alpha value is -2.56. The third kappa shape index (κ3) is 3.51. The second-order valence-electron chi connectivity index (χ2n) is 4.85. The fourth-order valence-corrected chi connectivity index (χ4v) is 2.18. The first kappa shape index (κ1) is 14.8. The van der Waals surface area contributed by atoms with Gasteiger partial charge in [-0.1, -0.05) is 29.8 Å². The maximum Gasteiger partial charge on any atom is 0.340 e. The summed E-state index contributed by atoms with van der Waals surface area (Å²) in [6, 6.07) is 10.6. The zero-order valence-electron chi connectivity index (χ0n) is 11.7. The summed E-state index contributed by atoms with van der Waals surface area (Å²) >= 11 is 0. The van der Waals surface area contributed by atoms with E-state index in [4.69, 9.17) is 10.8 Å². The number of aryl methyl sites for hydroxylation is 1. The van der Waals surface area contributed by atoms with Crippen LogP contribution in [-0.2, 0) is 6.42 Å². The second-order valence-corrected chi connectivity index (χ2v) is 4.85. The summed E-state index contributed by atoms with van der Waals surface area (Å²) in [6.07, 6.45) is 0.734. The van der Waals surface area contributed by atoms with Crippen LogP contribution in [0.5, 0.6) is 0 Å². The highest BCUT2D eigenvalue weighted by atomic mass is 19.1. The molecule has 0 aliphatic carbocycles. The van der Waals surface area contributed by atoms with Gasteiger partial charge in [0, 0.05) is 6.54 Å². The summed E-state index contributed by atoms with van der Waals surface area (Å²) in [5.74, 6) is -1.97. The molecule has 0 aromatic heterocycles. The number of anilines is 2. The van der Waals surface area contributed by atoms with Gasteiger partial charge < -0.3 is 16.2 Å². The predicted octanol–water partition coefficient (Wildman–Crippen LogP) is 3.07. The molecular weight excluding hydrogens is 271 g/mol. The lowest BCUT2D eigenvalue weighted by Gasteiger charge is -2.12. The highest BCUT2D eigenvalue weighted by Crippen LogP contribution is 2.25. The Kier molecular flexibility index (Phi) is 4.42. The van der Waals surface area contributed by atoms with Crippen LogP contribution in [0.15, 0.2) is 36.4 Å². The van der Waals surface area contributed by atoms with Crippen LogP contribution in [-0.4, -0.2) is 17.6 Å². The van der Waals surface area contributed by atoms with E-state index in [1.165, 1.54) is 11.6 Å². The quantitative estimate of drug-likeness (QED) is 0.739. The average Bonchev–Trinajstić information content (AvgIpc) is 2.42. The minimum absolute atomic E-state index is 0.223. The van der Waals surface area contributed by atoms with Gasteiger partial charge in [-0.05, 0) is 31.0 Å². The number of rotatable bonds is 5. The lowest BCUT2D eigenvalue weighted by atomic mass is 10.1. The average molecular weight is 288 g/mol. The predicted molar refractivity (Wildman–Crippen MR) is 81.1 cm³/mol. The van der Waals surface area contributed by atoms with E-state index < -0.39 is 11.8 Å². The van der Waals surface area contributed by atoms with E-state index in [1.807, 2.05) is 25.1 Å². The van der Waals surface area contributed by atoms with Crippen LogP contribution in [0.3, 0.4) is 0 Å². The van der Waals surface area contributed by atoms with E-state index in [0.717, 1.165) is 18.1 Å². The minimum Gasteiger partial charge on any atom is -0.478 e. The molecule has 0 amide bonds. The number of carboxylic acid groups (broad SMARTS) is 1. The molecule has 2 aromatic rings. The highest BCUT2D eigenvalue weighted by Gasteiger charge is 2.17. The molecule has 0 saturated heterocycles. The van der Waals surface area contributed by atoms with Gasteiger partial charge in [-0.2, -0.15) is 0 Å². The Bertz CT molecular complexity index is 671. The molecule has 4 nitrogen and oxygen atoms in total. The largest absolute Gasteiger partial charge is 0.478 e. The van der Waals surface area contributed by atoms with Gasteiger partial charge in [-0.15, -0.1) is 0 Å². The number of nitrogens with two attached hydrogens (primary N) is 1. The molecule has 0 radical (unpaired) electrons. The minimum atomic E-state index is -1.25. The first-order chi connectivity index (χ1) is 9.99. The number of carbonyl (C=O) groups is 1. The van der Waals surface area contributed by atoms with Crippen molar-refractivity contribution in [3.63, 3.8) is 0 Å². The zero-order valence-corrected chi connectivity index (χ0v) is 11.7. The Morgan fingerprint density at radius 2 is 2.10 bits per heavy atom. The maximum absolute atomic E-state index is 13.3. The van der Waals surface area contributed by atoms with Crippen LogP contribution in [0, 0.1) is 12.7 Å². The van der Waals surface area contributed by atoms with Gasteiger partial charge in [-0.25, -0.2) is 9.18 Å². The molecule has 0 heterocycles. The lowest BCUT2D eigenvalue weighted by Crippen LogP contribution is -2.12. The first-order valence-corrected chi connectivity index (χ1v) is 6.59. The standard InChI is InChI=1S/C16H17FN2O2/c1-10-3-2-4-11(9-10)7-8-19-13-6-5-12(17)15(18)14(13)16(20)21/h2-6,9,19H,7-8,18H2,1H3,(H,20,21). The van der Waals surface area contributed by atoms with E-state index in [1.54, 1.807) is 0 Å². The monoisotopic (exact) mass is 288 g/mol. The molecule has 0 fully saturated rings. The number of carboxylic acids is 1. The third-order valence-electron chi connectivity index (χ3n) is 3.22. The Morgan fingerprint density at radius 1 is 1.33 bits per heavy atom. The normalized spacial score (nSPS) is 10.4. The lowest BCUT2D eigenvalue weighted by molar-refractivity contribution is 0.0698. The molecule has 0 spiro atoms. The molecule has 2 rings (SSSR count). The topological polar surface area (TPSA) is 75.3 Å². The van der Waals surface area contributed by atoms with Gasteiger partial charge in [0.2, 0.25) is 0 Å². The first-order valence-electron chi connectivity index (χ1n) is 6.59. The van der Waals surface area contributed by atoms with Crippen molar-refractivity contribution in [2.75, 3.05) is 17.6 Å². The van der Waals surface area contributed by atoms with Crippen molar-refractivity contribution in [3.05, 3.63) is 58.9 Å². The molecule has 5 heteroatoms. The van der Waals surface area contributed by atoms with Gasteiger partial charge in [-0.3, -0.25) is 0 Å². The van der Waals surface area contributed by atoms with Crippen LogP contribution in [0.2, 0.25) is 0 Å². The fraction of sp³-hybridized carbons (Fsp3) is 0.188. The van der Waals surface area contributed by atoms with Gasteiger partial charge >= 0.3 is 5.97 Å². The van der Waals surface area contributed by atoms with E-state index in [9.17, 15) is 9.18 Å². The number of nitrogens with one attached hydrogen (secondary N) is 1. The van der Waals surface area contributed by atoms with Gasteiger partial charge in [0.15, 0.2) is 0 Å². The maximum atomic E-state index is 13.3. The molecule has 110 valence electrons. The molecule has 21 heavy (non-hydrogen) atoms. The Labute approximate surface area is 122 Å². The Morgan fingerprint density at radius 3 is 2.76 bits per heavy atom. The smallest absolute Gasteiger partial charge is 0.340 e. The van der Waals surface area contributed by atoms with Crippen LogP contribution in [0.1, 0.15) is 21.5 Å². The third-order valence-corrected chi connectivity index (χ3v) is 3.22. The molecule has 0 bridgehead atoms. The molecule has 0 aliphatic rings. The number of benzene rings is 2. The van der Waals surface area contributed by atoms with Crippen molar-refractivity contribution in [2.45, 2.75) is 13.3 Å². The van der Waals surface area contributed by atoms with Gasteiger partial charge in [0.25, 0.3) is 0 Å². The van der Waals surface area contributed by atoms with Crippen molar-refractivity contribution in [3.8, 4) is 0 Å². The summed E-state index contributed by atoms with van der Waals surface area (Å²) < 4.78 is 13.3. The number of halogens is 1. The van der Waals surface area contributed by atoms with Crippen molar-refractivity contribution < 1.29 is 14.3 Å². The molecule has 2 aromatic carbocycles. The number of aromatic carboxylic acids is 1. The summed E-state index contributed by atoms with van der Waals surface area (Å²) in [6.45, 7) is 2.55.